The van der Waals surface area contributed by atoms with Crippen LogP contribution >= 0.6 is 0 Å². The Labute approximate surface area is 192 Å². The number of aliphatic imine (C=N–C) groups is 1. The molecule has 2 aliphatic heterocycles. The van der Waals surface area contributed by atoms with Gasteiger partial charge in [-0.1, -0.05) is 0 Å². The van der Waals surface area contributed by atoms with Gasteiger partial charge in [-0.3, -0.25) is 19.3 Å². The molecule has 2 heterocycles. The predicted molar refractivity (Wildman–Crippen MR) is 123 cm³/mol. The maximum Gasteiger partial charge on any atom is 0.261 e. The molecular weight excluding hydrogens is 446 g/mol. The molecule has 1 fully saturated rings. The first kappa shape index (κ1) is 22.9. The van der Waals surface area contributed by atoms with E-state index in [2.05, 4.69) is 15.0 Å². The first-order chi connectivity index (χ1) is 15.9. The van der Waals surface area contributed by atoms with Crippen molar-refractivity contribution >= 4 is 39.3 Å². The Hall–Kier alpha value is -3.24. The molecule has 0 bridgehead atoms. The summed E-state index contributed by atoms with van der Waals surface area (Å²) in [6, 6.07) is 10.6. The Morgan fingerprint density at radius 2 is 2.00 bits per heavy atom. The summed E-state index contributed by atoms with van der Waals surface area (Å²) in [5.41, 5.74) is 0.763. The number of sulfonamides is 1. The first-order valence-corrected chi connectivity index (χ1v) is 12.2. The van der Waals surface area contributed by atoms with E-state index in [9.17, 15) is 18.0 Å². The number of rotatable bonds is 8. The lowest BCUT2D eigenvalue weighted by atomic mass is 9.94. The molecule has 0 aliphatic carbocycles. The van der Waals surface area contributed by atoms with E-state index < -0.39 is 27.6 Å². The Morgan fingerprint density at radius 1 is 1.21 bits per heavy atom. The van der Waals surface area contributed by atoms with Crippen molar-refractivity contribution in [2.24, 2.45) is 10.9 Å². The van der Waals surface area contributed by atoms with E-state index >= 15 is 0 Å². The van der Waals surface area contributed by atoms with E-state index in [0.717, 1.165) is 12.8 Å². The third-order valence-electron chi connectivity index (χ3n) is 5.42. The van der Waals surface area contributed by atoms with Gasteiger partial charge in [-0.25, -0.2) is 8.42 Å². The number of ether oxygens (including phenoxy) is 2. The molecule has 0 spiro atoms. The number of carbonyl (C=O) groups excluding carboxylic acids is 2. The molecule has 2 aliphatic rings. The minimum atomic E-state index is -3.97. The van der Waals surface area contributed by atoms with Gasteiger partial charge in [0.25, 0.3) is 10.0 Å². The van der Waals surface area contributed by atoms with Gasteiger partial charge in [0.15, 0.2) is 5.78 Å². The van der Waals surface area contributed by atoms with E-state index in [-0.39, 0.29) is 16.6 Å². The minimum absolute atomic E-state index is 0.0534. The summed E-state index contributed by atoms with van der Waals surface area (Å²) in [6.45, 7) is 3.35. The summed E-state index contributed by atoms with van der Waals surface area (Å²) in [5, 5.41) is 2.73. The summed E-state index contributed by atoms with van der Waals surface area (Å²) < 4.78 is 39.1. The van der Waals surface area contributed by atoms with Crippen molar-refractivity contribution in [3.05, 3.63) is 48.0 Å². The van der Waals surface area contributed by atoms with Crippen LogP contribution in [0.4, 0.5) is 11.4 Å². The molecule has 33 heavy (non-hydrogen) atoms. The number of ketones is 1. The maximum atomic E-state index is 13.0. The molecule has 9 nitrogen and oxygen atoms in total. The summed E-state index contributed by atoms with van der Waals surface area (Å²) in [6.07, 6.45) is 3.04. The van der Waals surface area contributed by atoms with Crippen LogP contribution in [-0.4, -0.2) is 52.2 Å². The van der Waals surface area contributed by atoms with Gasteiger partial charge in [-0.2, -0.15) is 0 Å². The first-order valence-electron chi connectivity index (χ1n) is 10.7. The van der Waals surface area contributed by atoms with Gasteiger partial charge in [0.05, 0.1) is 23.3 Å². The molecule has 1 amide bonds. The summed E-state index contributed by atoms with van der Waals surface area (Å²) in [5.74, 6) is -1.47. The van der Waals surface area contributed by atoms with Crippen LogP contribution < -0.4 is 14.8 Å². The molecule has 2 N–H and O–H groups in total. The third kappa shape index (κ3) is 5.23. The number of fused-ring (bicyclic) bond motifs is 1. The van der Waals surface area contributed by atoms with Crippen LogP contribution in [0.15, 0.2) is 52.4 Å². The van der Waals surface area contributed by atoms with Crippen molar-refractivity contribution in [2.75, 3.05) is 24.5 Å². The highest BCUT2D eigenvalue weighted by molar-refractivity contribution is 7.92. The fourth-order valence-corrected chi connectivity index (χ4v) is 4.78. The molecule has 2 atom stereocenters. The van der Waals surface area contributed by atoms with Crippen LogP contribution in [0, 0.1) is 5.92 Å². The normalized spacial score (nSPS) is 19.7. The van der Waals surface area contributed by atoms with Crippen molar-refractivity contribution in [2.45, 2.75) is 30.8 Å². The standard InChI is InChI=1S/C23H25N3O6S/c1-2-31-16-7-5-15(6-8-16)26-33(29,30)18-9-10-21-19(12-18)22(27)20(14-24-21)23(28)25-13-17-4-3-11-32-17/h5-10,12,14,17,20,26H,2-4,11,13H2,1H3,(H,25,28). The number of Topliss-reactive ketones (excluding diaryl/α,β-unsaturated/α-hetero) is 1. The summed E-state index contributed by atoms with van der Waals surface area (Å²) >= 11 is 0. The molecule has 1 saturated heterocycles. The van der Waals surface area contributed by atoms with Crippen molar-refractivity contribution in [1.29, 1.82) is 0 Å². The Balaban J connectivity index is 1.48. The fraction of sp³-hybridized carbons (Fsp3) is 0.348. The zero-order valence-electron chi connectivity index (χ0n) is 18.1. The molecule has 4 rings (SSSR count). The average molecular weight is 472 g/mol. The number of nitrogens with zero attached hydrogens (tertiary/aromatic N) is 1. The molecule has 0 aromatic heterocycles. The van der Waals surface area contributed by atoms with E-state index in [1.165, 1.54) is 24.4 Å². The number of benzene rings is 2. The van der Waals surface area contributed by atoms with Crippen molar-refractivity contribution in [3.63, 3.8) is 0 Å². The smallest absolute Gasteiger partial charge is 0.261 e. The van der Waals surface area contributed by atoms with E-state index in [0.29, 0.717) is 36.9 Å². The van der Waals surface area contributed by atoms with Gasteiger partial charge in [0, 0.05) is 30.6 Å². The zero-order valence-corrected chi connectivity index (χ0v) is 18.9. The Morgan fingerprint density at radius 3 is 2.70 bits per heavy atom. The second kappa shape index (κ2) is 9.72. The number of carbonyl (C=O) groups is 2. The largest absolute Gasteiger partial charge is 0.494 e. The van der Waals surface area contributed by atoms with Crippen molar-refractivity contribution in [3.8, 4) is 5.75 Å². The van der Waals surface area contributed by atoms with Crippen LogP contribution in [0.2, 0.25) is 0 Å². The number of amides is 1. The molecular formula is C23H25N3O6S. The Bertz CT molecular complexity index is 1170. The van der Waals surface area contributed by atoms with Gasteiger partial charge in [-0.15, -0.1) is 0 Å². The summed E-state index contributed by atoms with van der Waals surface area (Å²) in [4.78, 5) is 29.6. The van der Waals surface area contributed by atoms with Gasteiger partial charge in [0.2, 0.25) is 5.91 Å². The molecule has 0 radical (unpaired) electrons. The number of hydrogen-bond donors (Lipinski definition) is 2. The highest BCUT2D eigenvalue weighted by atomic mass is 32.2. The van der Waals surface area contributed by atoms with Gasteiger partial charge in [0.1, 0.15) is 11.7 Å². The highest BCUT2D eigenvalue weighted by Gasteiger charge is 2.32. The quantitative estimate of drug-likeness (QED) is 0.571. The van der Waals surface area contributed by atoms with Crippen LogP contribution in [0.1, 0.15) is 30.1 Å². The van der Waals surface area contributed by atoms with Gasteiger partial charge in [-0.05, 0) is 62.2 Å². The number of nitrogens with one attached hydrogen (secondary N) is 2. The molecule has 2 unspecified atom stereocenters. The van der Waals surface area contributed by atoms with Crippen LogP contribution in [-0.2, 0) is 19.6 Å². The van der Waals surface area contributed by atoms with Crippen molar-refractivity contribution in [1.82, 2.24) is 5.32 Å². The predicted octanol–water partition coefficient (Wildman–Crippen LogP) is 2.70. The molecule has 174 valence electrons. The lowest BCUT2D eigenvalue weighted by Crippen LogP contribution is -2.40. The van der Waals surface area contributed by atoms with Gasteiger partial charge >= 0.3 is 0 Å². The third-order valence-corrected chi connectivity index (χ3v) is 6.80. The second-order valence-electron chi connectivity index (χ2n) is 7.74. The summed E-state index contributed by atoms with van der Waals surface area (Å²) in [7, 11) is -3.97. The molecule has 10 heteroatoms. The average Bonchev–Trinajstić information content (AvgIpc) is 3.33. The maximum absolute atomic E-state index is 13.0. The van der Waals surface area contributed by atoms with Crippen LogP contribution in [0.25, 0.3) is 0 Å². The molecule has 2 aromatic carbocycles. The fourth-order valence-electron chi connectivity index (χ4n) is 3.70. The number of hydrogen-bond acceptors (Lipinski definition) is 7. The van der Waals surface area contributed by atoms with E-state index in [1.54, 1.807) is 24.3 Å². The molecule has 2 aromatic rings. The lowest BCUT2D eigenvalue weighted by Gasteiger charge is -2.19. The topological polar surface area (TPSA) is 123 Å². The minimum Gasteiger partial charge on any atom is -0.494 e. The second-order valence-corrected chi connectivity index (χ2v) is 9.42. The highest BCUT2D eigenvalue weighted by Crippen LogP contribution is 2.30. The zero-order chi connectivity index (χ0) is 23.4. The molecule has 0 saturated carbocycles. The number of anilines is 1. The Kier molecular flexibility index (Phi) is 6.75. The monoisotopic (exact) mass is 471 g/mol. The van der Waals surface area contributed by atoms with E-state index in [4.69, 9.17) is 9.47 Å². The van der Waals surface area contributed by atoms with Crippen molar-refractivity contribution < 1.29 is 27.5 Å². The lowest BCUT2D eigenvalue weighted by molar-refractivity contribution is -0.122. The van der Waals surface area contributed by atoms with Crippen LogP contribution in [0.3, 0.4) is 0 Å². The van der Waals surface area contributed by atoms with E-state index in [1.807, 2.05) is 6.92 Å². The van der Waals surface area contributed by atoms with Gasteiger partial charge < -0.3 is 14.8 Å². The SMILES string of the molecule is CCOc1ccc(NS(=O)(=O)c2ccc3c(c2)C(=O)C(C(=O)NCC2CCCO2)C=N3)cc1. The van der Waals surface area contributed by atoms with Crippen LogP contribution in [0.5, 0.6) is 5.75 Å².